The highest BCUT2D eigenvalue weighted by atomic mass is 79.9. The second kappa shape index (κ2) is 15.5. The molecule has 0 saturated heterocycles. The van der Waals surface area contributed by atoms with E-state index in [1.54, 1.807) is 0 Å². The lowest BCUT2D eigenvalue weighted by Crippen LogP contribution is -1.98. The third kappa shape index (κ3) is 8.68. The lowest BCUT2D eigenvalue weighted by atomic mass is 10.1. The lowest BCUT2D eigenvalue weighted by molar-refractivity contribution is 0.305. The standard InChI is InChI=1S/C40H30Br2N2O2/c41-35-11-5-7-29(23-35)27-45-39-13-3-1-9-33(39)25-43-37-19-15-31(16-20-37)32-17-21-38(22-18-32)44-26-34-10-2-4-14-40(34)46-28-30-8-6-12-36(42)24-30/h1-26H,27-28H2. The number of para-hydroxylation sites is 2. The van der Waals surface area contributed by atoms with E-state index < -0.39 is 0 Å². The second-order valence-electron chi connectivity index (χ2n) is 10.5. The summed E-state index contributed by atoms with van der Waals surface area (Å²) in [6.45, 7) is 0.968. The predicted molar refractivity (Wildman–Crippen MR) is 196 cm³/mol. The number of rotatable bonds is 11. The van der Waals surface area contributed by atoms with Crippen LogP contribution in [-0.2, 0) is 13.2 Å². The Morgan fingerprint density at radius 2 is 0.870 bits per heavy atom. The Morgan fingerprint density at radius 1 is 0.457 bits per heavy atom. The maximum atomic E-state index is 6.10. The summed E-state index contributed by atoms with van der Waals surface area (Å²) in [5.74, 6) is 1.59. The Labute approximate surface area is 286 Å². The zero-order chi connectivity index (χ0) is 31.6. The summed E-state index contributed by atoms with van der Waals surface area (Å²) < 4.78 is 14.3. The van der Waals surface area contributed by atoms with Crippen molar-refractivity contribution in [1.82, 2.24) is 0 Å². The van der Waals surface area contributed by atoms with E-state index in [9.17, 15) is 0 Å². The van der Waals surface area contributed by atoms with Crippen LogP contribution in [0, 0.1) is 0 Å². The smallest absolute Gasteiger partial charge is 0.128 e. The summed E-state index contributed by atoms with van der Waals surface area (Å²) in [6.07, 6.45) is 3.70. The Balaban J connectivity index is 1.07. The van der Waals surface area contributed by atoms with E-state index in [-0.39, 0.29) is 0 Å². The average molecular weight is 731 g/mol. The van der Waals surface area contributed by atoms with Crippen molar-refractivity contribution < 1.29 is 9.47 Å². The van der Waals surface area contributed by atoms with Crippen LogP contribution in [0.15, 0.2) is 165 Å². The summed E-state index contributed by atoms with van der Waals surface area (Å²) >= 11 is 7.04. The van der Waals surface area contributed by atoms with Crippen molar-refractivity contribution in [3.05, 3.63) is 177 Å². The van der Waals surface area contributed by atoms with Crippen LogP contribution in [0.25, 0.3) is 11.1 Å². The minimum absolute atomic E-state index is 0.484. The second-order valence-corrected chi connectivity index (χ2v) is 12.4. The van der Waals surface area contributed by atoms with E-state index in [1.165, 1.54) is 0 Å². The number of hydrogen-bond acceptors (Lipinski definition) is 4. The zero-order valence-electron chi connectivity index (χ0n) is 24.9. The molecule has 46 heavy (non-hydrogen) atoms. The molecule has 0 radical (unpaired) electrons. The highest BCUT2D eigenvalue weighted by molar-refractivity contribution is 9.10. The van der Waals surface area contributed by atoms with E-state index in [2.05, 4.69) is 68.3 Å². The van der Waals surface area contributed by atoms with Gasteiger partial charge >= 0.3 is 0 Å². The molecule has 6 rings (SSSR count). The SMILES string of the molecule is Brc1cccc(COc2ccccc2C=Nc2ccc(-c3ccc(N=Cc4ccccc4OCc4cccc(Br)c4)cc3)cc2)c1. The minimum atomic E-state index is 0.484. The minimum Gasteiger partial charge on any atom is -0.488 e. The van der Waals surface area contributed by atoms with E-state index in [0.717, 1.165) is 65.2 Å². The molecule has 0 bridgehead atoms. The van der Waals surface area contributed by atoms with Gasteiger partial charge in [-0.2, -0.15) is 0 Å². The molecule has 0 spiro atoms. The summed E-state index contributed by atoms with van der Waals surface area (Å²) in [4.78, 5) is 9.41. The van der Waals surface area contributed by atoms with Crippen molar-refractivity contribution in [1.29, 1.82) is 0 Å². The molecule has 0 heterocycles. The highest BCUT2D eigenvalue weighted by Crippen LogP contribution is 2.27. The van der Waals surface area contributed by atoms with E-state index in [1.807, 2.05) is 122 Å². The lowest BCUT2D eigenvalue weighted by Gasteiger charge is -2.09. The maximum absolute atomic E-state index is 6.10. The maximum Gasteiger partial charge on any atom is 0.128 e. The molecule has 0 aliphatic heterocycles. The van der Waals surface area contributed by atoms with Crippen LogP contribution in [0.4, 0.5) is 11.4 Å². The van der Waals surface area contributed by atoms with E-state index in [0.29, 0.717) is 13.2 Å². The van der Waals surface area contributed by atoms with Crippen molar-refractivity contribution in [3.63, 3.8) is 0 Å². The van der Waals surface area contributed by atoms with Crippen molar-refractivity contribution in [2.75, 3.05) is 0 Å². The van der Waals surface area contributed by atoms with Crippen LogP contribution in [-0.4, -0.2) is 12.4 Å². The summed E-state index contributed by atoms with van der Waals surface area (Å²) in [5.41, 5.74) is 8.00. The van der Waals surface area contributed by atoms with Gasteiger partial charge in [0.25, 0.3) is 0 Å². The molecule has 6 aromatic carbocycles. The van der Waals surface area contributed by atoms with Crippen LogP contribution in [0.2, 0.25) is 0 Å². The molecular formula is C40H30Br2N2O2. The van der Waals surface area contributed by atoms with Crippen LogP contribution >= 0.6 is 31.9 Å². The molecule has 0 atom stereocenters. The fourth-order valence-corrected chi connectivity index (χ4v) is 5.67. The molecule has 4 nitrogen and oxygen atoms in total. The summed E-state index contributed by atoms with van der Waals surface area (Å²) in [6, 6.07) is 48.5. The number of ether oxygens (including phenoxy) is 2. The Bertz CT molecular complexity index is 1830. The predicted octanol–water partition coefficient (Wildman–Crippen LogP) is 11.5. The normalized spacial score (nSPS) is 11.3. The zero-order valence-corrected chi connectivity index (χ0v) is 28.1. The third-order valence-corrected chi connectivity index (χ3v) is 8.16. The van der Waals surface area contributed by atoms with Crippen molar-refractivity contribution >= 4 is 55.7 Å². The van der Waals surface area contributed by atoms with Gasteiger partial charge in [0.1, 0.15) is 24.7 Å². The van der Waals surface area contributed by atoms with Gasteiger partial charge in [-0.25, -0.2) is 0 Å². The molecule has 6 aromatic rings. The topological polar surface area (TPSA) is 43.2 Å². The van der Waals surface area contributed by atoms with Crippen LogP contribution in [0.5, 0.6) is 11.5 Å². The van der Waals surface area contributed by atoms with Gasteiger partial charge in [-0.1, -0.05) is 105 Å². The fourth-order valence-electron chi connectivity index (χ4n) is 4.78. The van der Waals surface area contributed by atoms with Gasteiger partial charge in [-0.3, -0.25) is 9.98 Å². The first-order valence-electron chi connectivity index (χ1n) is 14.8. The van der Waals surface area contributed by atoms with Crippen LogP contribution < -0.4 is 9.47 Å². The first kappa shape index (κ1) is 31.2. The van der Waals surface area contributed by atoms with Crippen LogP contribution in [0.1, 0.15) is 22.3 Å². The quantitative estimate of drug-likeness (QED) is 0.125. The average Bonchev–Trinajstić information content (AvgIpc) is 3.09. The molecule has 0 aliphatic carbocycles. The Kier molecular flexibility index (Phi) is 10.5. The Hall–Kier alpha value is -4.78. The number of nitrogens with zero attached hydrogens (tertiary/aromatic N) is 2. The van der Waals surface area contributed by atoms with Gasteiger partial charge in [0.2, 0.25) is 0 Å². The van der Waals surface area contributed by atoms with Crippen molar-refractivity contribution in [2.45, 2.75) is 13.2 Å². The summed E-state index contributed by atoms with van der Waals surface area (Å²) in [5, 5.41) is 0. The number of aliphatic imine (C=N–C) groups is 2. The molecule has 6 heteroatoms. The van der Waals surface area contributed by atoms with Gasteiger partial charge in [0.05, 0.1) is 11.4 Å². The number of halogens is 2. The van der Waals surface area contributed by atoms with E-state index in [4.69, 9.17) is 19.5 Å². The first-order valence-corrected chi connectivity index (χ1v) is 16.4. The van der Waals surface area contributed by atoms with Crippen molar-refractivity contribution in [3.8, 4) is 22.6 Å². The fraction of sp³-hybridized carbons (Fsp3) is 0.0500. The molecular weight excluding hydrogens is 700 g/mol. The molecule has 0 unspecified atom stereocenters. The molecule has 0 saturated carbocycles. The summed E-state index contributed by atoms with van der Waals surface area (Å²) in [7, 11) is 0. The van der Waals surface area contributed by atoms with Gasteiger partial charge in [0, 0.05) is 32.5 Å². The molecule has 226 valence electrons. The van der Waals surface area contributed by atoms with Crippen LogP contribution in [0.3, 0.4) is 0 Å². The third-order valence-electron chi connectivity index (χ3n) is 7.18. The first-order chi connectivity index (χ1) is 22.6. The molecule has 0 N–H and O–H groups in total. The van der Waals surface area contributed by atoms with Gasteiger partial charge < -0.3 is 9.47 Å². The molecule has 0 aliphatic rings. The van der Waals surface area contributed by atoms with Crippen molar-refractivity contribution in [2.24, 2.45) is 9.98 Å². The van der Waals surface area contributed by atoms with Gasteiger partial charge in [-0.05, 0) is 95.1 Å². The number of hydrogen-bond donors (Lipinski definition) is 0. The Morgan fingerprint density at radius 3 is 1.28 bits per heavy atom. The largest absolute Gasteiger partial charge is 0.488 e. The number of benzene rings is 6. The molecule has 0 amide bonds. The van der Waals surface area contributed by atoms with Gasteiger partial charge in [-0.15, -0.1) is 0 Å². The monoisotopic (exact) mass is 728 g/mol. The highest BCUT2D eigenvalue weighted by Gasteiger charge is 2.05. The van der Waals surface area contributed by atoms with Gasteiger partial charge in [0.15, 0.2) is 0 Å². The molecule has 0 fully saturated rings. The molecule has 0 aromatic heterocycles. The van der Waals surface area contributed by atoms with E-state index >= 15 is 0 Å².